The minimum atomic E-state index is -0.264. The largest absolute Gasteiger partial charge is 0.457 e. The second-order valence-electron chi connectivity index (χ2n) is 4.32. The maximum atomic E-state index is 13.7. The molecular formula is C15H13Br2FO. The van der Waals surface area contributed by atoms with Crippen LogP contribution in [-0.2, 0) is 5.33 Å². The van der Waals surface area contributed by atoms with Crippen LogP contribution in [0.2, 0.25) is 0 Å². The summed E-state index contributed by atoms with van der Waals surface area (Å²) in [4.78, 5) is 0. The Kier molecular flexibility index (Phi) is 4.63. The maximum Gasteiger partial charge on any atom is 0.134 e. The average molecular weight is 388 g/mol. The van der Waals surface area contributed by atoms with E-state index in [0.29, 0.717) is 22.4 Å². The van der Waals surface area contributed by atoms with Gasteiger partial charge >= 0.3 is 0 Å². The van der Waals surface area contributed by atoms with Gasteiger partial charge in [0.05, 0.1) is 0 Å². The van der Waals surface area contributed by atoms with E-state index < -0.39 is 0 Å². The molecule has 0 fully saturated rings. The molecule has 0 aliphatic heterocycles. The number of aryl methyl sites for hydroxylation is 2. The monoisotopic (exact) mass is 386 g/mol. The van der Waals surface area contributed by atoms with Crippen molar-refractivity contribution in [1.82, 2.24) is 0 Å². The Morgan fingerprint density at radius 2 is 1.79 bits per heavy atom. The smallest absolute Gasteiger partial charge is 0.134 e. The van der Waals surface area contributed by atoms with Gasteiger partial charge in [-0.15, -0.1) is 0 Å². The normalized spacial score (nSPS) is 10.6. The third-order valence-electron chi connectivity index (χ3n) is 2.85. The number of halogens is 3. The van der Waals surface area contributed by atoms with Gasteiger partial charge in [-0.25, -0.2) is 4.39 Å². The second kappa shape index (κ2) is 6.06. The van der Waals surface area contributed by atoms with Gasteiger partial charge < -0.3 is 4.74 Å². The summed E-state index contributed by atoms with van der Waals surface area (Å²) in [6.07, 6.45) is 0. The number of hydrogen-bond acceptors (Lipinski definition) is 1. The fraction of sp³-hybridized carbons (Fsp3) is 0.200. The fourth-order valence-corrected chi connectivity index (χ4v) is 2.63. The van der Waals surface area contributed by atoms with Crippen LogP contribution in [0.4, 0.5) is 4.39 Å². The number of benzene rings is 2. The Hall–Kier alpha value is -0.870. The molecule has 0 aliphatic rings. The molecular weight excluding hydrogens is 375 g/mol. The summed E-state index contributed by atoms with van der Waals surface area (Å²) >= 11 is 6.80. The van der Waals surface area contributed by atoms with Gasteiger partial charge in [0.25, 0.3) is 0 Å². The van der Waals surface area contributed by atoms with Crippen LogP contribution in [0.25, 0.3) is 0 Å². The first kappa shape index (κ1) is 14.5. The van der Waals surface area contributed by atoms with Crippen molar-refractivity contribution in [1.29, 1.82) is 0 Å². The molecule has 0 amide bonds. The topological polar surface area (TPSA) is 9.23 Å². The van der Waals surface area contributed by atoms with Gasteiger partial charge in [0.15, 0.2) is 0 Å². The minimum Gasteiger partial charge on any atom is -0.457 e. The highest BCUT2D eigenvalue weighted by Gasteiger charge is 2.10. The van der Waals surface area contributed by atoms with Gasteiger partial charge in [0, 0.05) is 15.4 Å². The van der Waals surface area contributed by atoms with E-state index in [0.717, 1.165) is 15.6 Å². The molecule has 0 saturated carbocycles. The van der Waals surface area contributed by atoms with Gasteiger partial charge in [-0.3, -0.25) is 0 Å². The Morgan fingerprint density at radius 1 is 1.16 bits per heavy atom. The predicted molar refractivity (Wildman–Crippen MR) is 82.7 cm³/mol. The molecule has 0 aromatic heterocycles. The van der Waals surface area contributed by atoms with Crippen molar-refractivity contribution in [2.75, 3.05) is 0 Å². The molecule has 0 unspecified atom stereocenters. The molecule has 4 heteroatoms. The van der Waals surface area contributed by atoms with Crippen molar-refractivity contribution in [3.05, 3.63) is 57.3 Å². The number of rotatable bonds is 3. The summed E-state index contributed by atoms with van der Waals surface area (Å²) in [6.45, 7) is 4.00. The van der Waals surface area contributed by atoms with E-state index in [4.69, 9.17) is 4.74 Å². The molecule has 0 heterocycles. The van der Waals surface area contributed by atoms with Gasteiger partial charge in [0.1, 0.15) is 17.3 Å². The van der Waals surface area contributed by atoms with Crippen LogP contribution in [0.5, 0.6) is 11.5 Å². The van der Waals surface area contributed by atoms with Crippen LogP contribution in [-0.4, -0.2) is 0 Å². The van der Waals surface area contributed by atoms with E-state index >= 15 is 0 Å². The third kappa shape index (κ3) is 3.18. The summed E-state index contributed by atoms with van der Waals surface area (Å²) in [5.74, 6) is 0.990. The van der Waals surface area contributed by atoms with Gasteiger partial charge in [-0.1, -0.05) is 37.9 Å². The first-order valence-electron chi connectivity index (χ1n) is 5.81. The number of hydrogen-bond donors (Lipinski definition) is 0. The SMILES string of the molecule is Cc1cc(Oc2cccc(F)c2CBr)cc(C)c1Br. The number of ether oxygens (including phenoxy) is 1. The van der Waals surface area contributed by atoms with Crippen molar-refractivity contribution in [2.45, 2.75) is 19.2 Å². The van der Waals surface area contributed by atoms with Crippen LogP contribution in [0.15, 0.2) is 34.8 Å². The highest BCUT2D eigenvalue weighted by molar-refractivity contribution is 9.10. The van der Waals surface area contributed by atoms with Gasteiger partial charge in [0.2, 0.25) is 0 Å². The summed E-state index contributed by atoms with van der Waals surface area (Å²) in [7, 11) is 0. The molecule has 1 nitrogen and oxygen atoms in total. The summed E-state index contributed by atoms with van der Waals surface area (Å²) in [5.41, 5.74) is 2.71. The van der Waals surface area contributed by atoms with Crippen LogP contribution in [0.1, 0.15) is 16.7 Å². The standard InChI is InChI=1S/C15H13Br2FO/c1-9-6-11(7-10(2)15(9)17)19-14-5-3-4-13(18)12(14)8-16/h3-7H,8H2,1-2H3. The van der Waals surface area contributed by atoms with Crippen LogP contribution >= 0.6 is 31.9 Å². The Bertz CT molecular complexity index is 588. The Balaban J connectivity index is 2.39. The summed E-state index contributed by atoms with van der Waals surface area (Å²) < 4.78 is 20.5. The van der Waals surface area contributed by atoms with E-state index in [2.05, 4.69) is 31.9 Å². The first-order valence-corrected chi connectivity index (χ1v) is 7.72. The van der Waals surface area contributed by atoms with Crippen LogP contribution < -0.4 is 4.74 Å². The molecule has 2 aromatic rings. The summed E-state index contributed by atoms with van der Waals surface area (Å²) in [6, 6.07) is 8.71. The first-order chi connectivity index (χ1) is 9.02. The van der Waals surface area contributed by atoms with Crippen LogP contribution in [0, 0.1) is 19.7 Å². The lowest BCUT2D eigenvalue weighted by Crippen LogP contribution is -1.94. The van der Waals surface area contributed by atoms with Gasteiger partial charge in [-0.05, 0) is 49.2 Å². The van der Waals surface area contributed by atoms with Crippen molar-refractivity contribution in [2.24, 2.45) is 0 Å². The van der Waals surface area contributed by atoms with E-state index in [-0.39, 0.29) is 5.82 Å². The zero-order valence-corrected chi connectivity index (χ0v) is 13.8. The van der Waals surface area contributed by atoms with Crippen LogP contribution in [0.3, 0.4) is 0 Å². The lowest BCUT2D eigenvalue weighted by Gasteiger charge is -2.12. The predicted octanol–water partition coefficient (Wildman–Crippen LogP) is 5.89. The lowest BCUT2D eigenvalue weighted by atomic mass is 10.1. The molecule has 0 aliphatic carbocycles. The van der Waals surface area contributed by atoms with Crippen molar-refractivity contribution >= 4 is 31.9 Å². The molecule has 2 aromatic carbocycles. The summed E-state index contributed by atoms with van der Waals surface area (Å²) in [5, 5.41) is 0.420. The molecule has 0 spiro atoms. The molecule has 0 atom stereocenters. The minimum absolute atomic E-state index is 0.264. The molecule has 2 rings (SSSR count). The van der Waals surface area contributed by atoms with Crippen molar-refractivity contribution in [3.8, 4) is 11.5 Å². The van der Waals surface area contributed by atoms with E-state index in [1.165, 1.54) is 6.07 Å². The Labute approximate surface area is 129 Å². The van der Waals surface area contributed by atoms with Crippen molar-refractivity contribution in [3.63, 3.8) is 0 Å². The van der Waals surface area contributed by atoms with Crippen molar-refractivity contribution < 1.29 is 9.13 Å². The molecule has 0 N–H and O–H groups in total. The van der Waals surface area contributed by atoms with E-state index in [9.17, 15) is 4.39 Å². The maximum absolute atomic E-state index is 13.7. The second-order valence-corrected chi connectivity index (χ2v) is 5.68. The molecule has 0 bridgehead atoms. The Morgan fingerprint density at radius 3 is 2.37 bits per heavy atom. The molecule has 19 heavy (non-hydrogen) atoms. The molecule has 0 saturated heterocycles. The fourth-order valence-electron chi connectivity index (χ4n) is 1.86. The molecule has 0 radical (unpaired) electrons. The zero-order chi connectivity index (χ0) is 14.0. The average Bonchev–Trinajstić information content (AvgIpc) is 2.36. The quantitative estimate of drug-likeness (QED) is 0.596. The van der Waals surface area contributed by atoms with E-state index in [1.807, 2.05) is 26.0 Å². The zero-order valence-electron chi connectivity index (χ0n) is 10.6. The lowest BCUT2D eigenvalue weighted by molar-refractivity contribution is 0.470. The highest BCUT2D eigenvalue weighted by atomic mass is 79.9. The number of alkyl halides is 1. The van der Waals surface area contributed by atoms with E-state index in [1.54, 1.807) is 12.1 Å². The molecule has 100 valence electrons. The van der Waals surface area contributed by atoms with Gasteiger partial charge in [-0.2, -0.15) is 0 Å². The highest BCUT2D eigenvalue weighted by Crippen LogP contribution is 2.32. The third-order valence-corrected chi connectivity index (χ3v) is 4.66.